The number of amides is 1. The zero-order chi connectivity index (χ0) is 20.9. The van der Waals surface area contributed by atoms with Crippen LogP contribution in [0.5, 0.6) is 5.75 Å². The van der Waals surface area contributed by atoms with Crippen LogP contribution >= 0.6 is 0 Å². The van der Waals surface area contributed by atoms with Gasteiger partial charge >= 0.3 is 0 Å². The number of hydrogen-bond acceptors (Lipinski definition) is 7. The van der Waals surface area contributed by atoms with Crippen LogP contribution in [0.25, 0.3) is 11.1 Å². The summed E-state index contributed by atoms with van der Waals surface area (Å²) in [5, 5.41) is 24.5. The van der Waals surface area contributed by atoms with Crippen LogP contribution in [0, 0.1) is 22.7 Å². The van der Waals surface area contributed by atoms with Crippen molar-refractivity contribution in [2.24, 2.45) is 0 Å². The van der Waals surface area contributed by atoms with E-state index < -0.39 is 12.1 Å². The average Bonchev–Trinajstić information content (AvgIpc) is 3.07. The van der Waals surface area contributed by atoms with E-state index in [1.54, 1.807) is 12.3 Å². The molecule has 1 unspecified atom stereocenters. The Morgan fingerprint density at radius 2 is 2.23 bits per heavy atom. The van der Waals surface area contributed by atoms with Crippen molar-refractivity contribution in [3.8, 4) is 29.0 Å². The van der Waals surface area contributed by atoms with E-state index in [4.69, 9.17) is 14.7 Å². The van der Waals surface area contributed by atoms with Gasteiger partial charge in [0.15, 0.2) is 0 Å². The Balaban J connectivity index is 1.46. The van der Waals surface area contributed by atoms with Gasteiger partial charge in [-0.2, -0.15) is 10.5 Å². The standard InChI is InChI=1S/C22H21N5O3/c23-9-16-8-20-19(11-26-16)18-3-2-14(6-15(18)13-30-20)7-17(10-24)27-22(28)21-12-25-4-1-5-29-21/h2-3,6,8,11,17,21,25H,1,4-5,7,12-13H2,(H,27,28)/t17?,21-/m0/s1. The van der Waals surface area contributed by atoms with Crippen LogP contribution in [0.1, 0.15) is 23.2 Å². The van der Waals surface area contributed by atoms with Gasteiger partial charge in [-0.25, -0.2) is 4.98 Å². The van der Waals surface area contributed by atoms with Crippen molar-refractivity contribution in [1.82, 2.24) is 15.6 Å². The molecule has 152 valence electrons. The van der Waals surface area contributed by atoms with Gasteiger partial charge in [0, 0.05) is 37.4 Å². The Hall–Kier alpha value is -3.46. The summed E-state index contributed by atoms with van der Waals surface area (Å²) in [4.78, 5) is 16.6. The Morgan fingerprint density at radius 3 is 3.07 bits per heavy atom. The minimum Gasteiger partial charge on any atom is -0.488 e. The summed E-state index contributed by atoms with van der Waals surface area (Å²) in [5.41, 5.74) is 4.05. The number of rotatable bonds is 4. The molecule has 3 heterocycles. The molecule has 0 bridgehead atoms. The topological polar surface area (TPSA) is 120 Å². The lowest BCUT2D eigenvalue weighted by atomic mass is 9.94. The average molecular weight is 403 g/mol. The molecule has 2 aliphatic heterocycles. The first kappa shape index (κ1) is 19.8. The molecule has 2 aliphatic rings. The molecule has 2 atom stereocenters. The molecular weight excluding hydrogens is 382 g/mol. The quantitative estimate of drug-likeness (QED) is 0.792. The number of carbonyl (C=O) groups excluding carboxylic acids is 1. The van der Waals surface area contributed by atoms with Gasteiger partial charge in [0.25, 0.3) is 5.91 Å². The number of nitriles is 2. The fraction of sp³-hybridized carbons (Fsp3) is 0.364. The molecule has 30 heavy (non-hydrogen) atoms. The molecule has 0 radical (unpaired) electrons. The summed E-state index contributed by atoms with van der Waals surface area (Å²) in [6.45, 7) is 2.16. The van der Waals surface area contributed by atoms with Crippen LogP contribution in [0.3, 0.4) is 0 Å². The minimum absolute atomic E-state index is 0.273. The predicted molar refractivity (Wildman–Crippen MR) is 107 cm³/mol. The molecule has 1 fully saturated rings. The molecule has 4 rings (SSSR count). The highest BCUT2D eigenvalue weighted by Crippen LogP contribution is 2.37. The molecule has 0 aliphatic carbocycles. The predicted octanol–water partition coefficient (Wildman–Crippen LogP) is 1.44. The Labute approximate surface area is 174 Å². The van der Waals surface area contributed by atoms with Gasteiger partial charge in [0.2, 0.25) is 0 Å². The summed E-state index contributed by atoms with van der Waals surface area (Å²) >= 11 is 0. The third-order valence-electron chi connectivity index (χ3n) is 5.17. The monoisotopic (exact) mass is 403 g/mol. The molecule has 2 aromatic rings. The van der Waals surface area contributed by atoms with Crippen LogP contribution in [0.2, 0.25) is 0 Å². The number of fused-ring (bicyclic) bond motifs is 3. The summed E-state index contributed by atoms with van der Waals surface area (Å²) in [7, 11) is 0. The van der Waals surface area contributed by atoms with Crippen molar-refractivity contribution < 1.29 is 14.3 Å². The van der Waals surface area contributed by atoms with E-state index in [-0.39, 0.29) is 5.91 Å². The first-order valence-electron chi connectivity index (χ1n) is 9.85. The lowest BCUT2D eigenvalue weighted by Gasteiger charge is -2.22. The molecule has 8 nitrogen and oxygen atoms in total. The zero-order valence-electron chi connectivity index (χ0n) is 16.4. The highest BCUT2D eigenvalue weighted by molar-refractivity contribution is 5.81. The normalized spacial score (nSPS) is 18.4. The largest absolute Gasteiger partial charge is 0.488 e. The smallest absolute Gasteiger partial charge is 0.251 e. The zero-order valence-corrected chi connectivity index (χ0v) is 16.4. The van der Waals surface area contributed by atoms with E-state index in [1.807, 2.05) is 24.3 Å². The maximum atomic E-state index is 12.5. The second-order valence-corrected chi connectivity index (χ2v) is 7.27. The van der Waals surface area contributed by atoms with E-state index in [1.165, 1.54) is 0 Å². The lowest BCUT2D eigenvalue weighted by Crippen LogP contribution is -2.46. The Bertz CT molecular complexity index is 1030. The number of benzene rings is 1. The minimum atomic E-state index is -0.654. The molecule has 8 heteroatoms. The molecule has 1 amide bonds. The number of nitrogens with one attached hydrogen (secondary N) is 2. The number of nitrogens with zero attached hydrogens (tertiary/aromatic N) is 3. The highest BCUT2D eigenvalue weighted by atomic mass is 16.5. The van der Waals surface area contributed by atoms with Crippen molar-refractivity contribution in [1.29, 1.82) is 10.5 Å². The van der Waals surface area contributed by atoms with E-state index >= 15 is 0 Å². The molecular formula is C22H21N5O3. The Morgan fingerprint density at radius 1 is 1.33 bits per heavy atom. The fourth-order valence-corrected chi connectivity index (χ4v) is 3.64. The second-order valence-electron chi connectivity index (χ2n) is 7.27. The van der Waals surface area contributed by atoms with Crippen LogP contribution < -0.4 is 15.4 Å². The van der Waals surface area contributed by atoms with Gasteiger partial charge < -0.3 is 20.1 Å². The molecule has 1 aromatic carbocycles. The fourth-order valence-electron chi connectivity index (χ4n) is 3.64. The third kappa shape index (κ3) is 4.25. The van der Waals surface area contributed by atoms with Crippen molar-refractivity contribution in [2.75, 3.05) is 19.7 Å². The van der Waals surface area contributed by atoms with Gasteiger partial charge in [-0.1, -0.05) is 18.2 Å². The molecule has 1 aromatic heterocycles. The van der Waals surface area contributed by atoms with Gasteiger partial charge in [0.1, 0.15) is 36.3 Å². The molecule has 0 spiro atoms. The van der Waals surface area contributed by atoms with E-state index in [0.29, 0.717) is 37.6 Å². The molecule has 0 saturated carbocycles. The summed E-state index contributed by atoms with van der Waals surface area (Å²) in [6, 6.07) is 11.0. The van der Waals surface area contributed by atoms with Crippen molar-refractivity contribution in [3.63, 3.8) is 0 Å². The lowest BCUT2D eigenvalue weighted by molar-refractivity contribution is -0.132. The van der Waals surface area contributed by atoms with Gasteiger partial charge in [-0.15, -0.1) is 0 Å². The SMILES string of the molecule is N#Cc1cc2c(cn1)-c1ccc(CC(C#N)NC(=O)[C@@H]3CNCCCO3)cc1CO2. The number of hydrogen-bond donors (Lipinski definition) is 2. The van der Waals surface area contributed by atoms with Gasteiger partial charge in [-0.05, 0) is 29.7 Å². The van der Waals surface area contributed by atoms with Crippen molar-refractivity contribution >= 4 is 5.91 Å². The summed E-state index contributed by atoms with van der Waals surface area (Å²) < 4.78 is 11.3. The van der Waals surface area contributed by atoms with E-state index in [2.05, 4.69) is 21.7 Å². The number of ether oxygens (including phenoxy) is 2. The maximum absolute atomic E-state index is 12.5. The van der Waals surface area contributed by atoms with Crippen molar-refractivity contribution in [3.05, 3.63) is 47.3 Å². The Kier molecular flexibility index (Phi) is 5.89. The van der Waals surface area contributed by atoms with Gasteiger partial charge in [-0.3, -0.25) is 4.79 Å². The number of aromatic nitrogens is 1. The molecule has 1 saturated heterocycles. The first-order valence-corrected chi connectivity index (χ1v) is 9.85. The van der Waals surface area contributed by atoms with E-state index in [0.717, 1.165) is 35.2 Å². The second kappa shape index (κ2) is 8.91. The van der Waals surface area contributed by atoms with Crippen LogP contribution in [-0.2, 0) is 22.6 Å². The summed E-state index contributed by atoms with van der Waals surface area (Å²) in [5.74, 6) is 0.367. The number of pyridine rings is 1. The maximum Gasteiger partial charge on any atom is 0.251 e. The van der Waals surface area contributed by atoms with Crippen LogP contribution in [0.15, 0.2) is 30.5 Å². The van der Waals surface area contributed by atoms with Crippen LogP contribution in [-0.4, -0.2) is 42.7 Å². The van der Waals surface area contributed by atoms with Crippen LogP contribution in [0.4, 0.5) is 0 Å². The number of carbonyl (C=O) groups is 1. The summed E-state index contributed by atoms with van der Waals surface area (Å²) in [6.07, 6.45) is 2.31. The van der Waals surface area contributed by atoms with Crippen molar-refractivity contribution in [2.45, 2.75) is 31.6 Å². The van der Waals surface area contributed by atoms with E-state index in [9.17, 15) is 10.1 Å². The molecule has 2 N–H and O–H groups in total. The first-order chi connectivity index (χ1) is 14.7. The third-order valence-corrected chi connectivity index (χ3v) is 5.17. The highest BCUT2D eigenvalue weighted by Gasteiger charge is 2.24. The van der Waals surface area contributed by atoms with Gasteiger partial charge in [0.05, 0.1) is 6.07 Å².